The van der Waals surface area contributed by atoms with Gasteiger partial charge in [-0.3, -0.25) is 4.79 Å². The van der Waals surface area contributed by atoms with E-state index in [1.165, 1.54) is 7.05 Å². The smallest absolute Gasteiger partial charge is 0.240 e. The number of aromatic nitrogens is 1. The lowest BCUT2D eigenvalue weighted by Gasteiger charge is -2.13. The third-order valence-electron chi connectivity index (χ3n) is 4.68. The predicted molar refractivity (Wildman–Crippen MR) is 112 cm³/mol. The Bertz CT molecular complexity index is 1120. The van der Waals surface area contributed by atoms with Crippen LogP contribution in [0.5, 0.6) is 0 Å². The van der Waals surface area contributed by atoms with Crippen LogP contribution in [0.4, 0.5) is 0 Å². The summed E-state index contributed by atoms with van der Waals surface area (Å²) in [5.74, 6) is 0.0563. The first-order chi connectivity index (χ1) is 13.3. The van der Waals surface area contributed by atoms with E-state index in [0.29, 0.717) is 17.0 Å². The maximum absolute atomic E-state index is 12.4. The van der Waals surface area contributed by atoms with Crippen molar-refractivity contribution in [2.45, 2.75) is 25.2 Å². The number of halogens is 1. The van der Waals surface area contributed by atoms with Gasteiger partial charge in [0.15, 0.2) is 5.78 Å². The molecule has 0 aliphatic rings. The van der Waals surface area contributed by atoms with Crippen LogP contribution in [0.1, 0.15) is 29.4 Å². The Morgan fingerprint density at radius 1 is 1.07 bits per heavy atom. The van der Waals surface area contributed by atoms with Gasteiger partial charge in [0, 0.05) is 28.4 Å². The monoisotopic (exact) mass is 416 g/mol. The Morgan fingerprint density at radius 2 is 1.68 bits per heavy atom. The number of carbonyl (C=O) groups excluding carboxylic acids is 1. The maximum Gasteiger partial charge on any atom is 0.240 e. The Morgan fingerprint density at radius 3 is 2.21 bits per heavy atom. The molecule has 0 aliphatic heterocycles. The molecule has 28 heavy (non-hydrogen) atoms. The highest BCUT2D eigenvalue weighted by atomic mass is 35.5. The highest BCUT2D eigenvalue weighted by Crippen LogP contribution is 2.31. The molecule has 0 spiro atoms. The van der Waals surface area contributed by atoms with Crippen molar-refractivity contribution in [3.05, 3.63) is 70.9 Å². The highest BCUT2D eigenvalue weighted by molar-refractivity contribution is 7.89. The second kappa shape index (κ2) is 7.91. The molecule has 0 unspecified atom stereocenters. The summed E-state index contributed by atoms with van der Waals surface area (Å²) in [5, 5.41) is 0.630. The molecular weight excluding hydrogens is 396 g/mol. The summed E-state index contributed by atoms with van der Waals surface area (Å²) in [4.78, 5) is 12.6. The summed E-state index contributed by atoms with van der Waals surface area (Å²) < 4.78 is 28.3. The molecule has 2 aromatic carbocycles. The van der Waals surface area contributed by atoms with Crippen molar-refractivity contribution < 1.29 is 13.2 Å². The number of hydrogen-bond donors (Lipinski definition) is 1. The molecule has 3 rings (SSSR count). The van der Waals surface area contributed by atoms with Crippen molar-refractivity contribution >= 4 is 27.4 Å². The van der Waals surface area contributed by atoms with Crippen LogP contribution in [0.2, 0.25) is 5.02 Å². The number of nitrogens with zero attached hydrogens (tertiary/aromatic N) is 1. The number of hydrogen-bond acceptors (Lipinski definition) is 3. The Kier molecular flexibility index (Phi) is 5.74. The molecule has 0 amide bonds. The number of nitrogens with one attached hydrogen (secondary N) is 1. The summed E-state index contributed by atoms with van der Waals surface area (Å²) in [6.45, 7) is 3.72. The molecule has 0 atom stereocenters. The van der Waals surface area contributed by atoms with E-state index in [4.69, 9.17) is 11.6 Å². The van der Waals surface area contributed by atoms with E-state index >= 15 is 0 Å². The largest absolute Gasteiger partial charge is 0.313 e. The second-order valence-corrected chi connectivity index (χ2v) is 8.67. The Balaban J connectivity index is 2.20. The summed E-state index contributed by atoms with van der Waals surface area (Å²) in [5.41, 5.74) is 3.98. The number of ketones is 1. The molecule has 7 heteroatoms. The Labute approximate surface area is 170 Å². The van der Waals surface area contributed by atoms with E-state index in [1.807, 2.05) is 36.6 Å². The quantitative estimate of drug-likeness (QED) is 0.597. The van der Waals surface area contributed by atoms with Gasteiger partial charge < -0.3 is 4.57 Å². The van der Waals surface area contributed by atoms with Crippen molar-refractivity contribution in [2.24, 2.45) is 0 Å². The number of carbonyl (C=O) groups is 1. The fraction of sp³-hybridized carbons (Fsp3) is 0.190. The zero-order chi connectivity index (χ0) is 20.5. The van der Waals surface area contributed by atoms with Crippen LogP contribution in [0.3, 0.4) is 0 Å². The van der Waals surface area contributed by atoms with Crippen LogP contribution in [-0.2, 0) is 10.0 Å². The van der Waals surface area contributed by atoms with E-state index in [9.17, 15) is 13.2 Å². The average molecular weight is 417 g/mol. The molecule has 5 nitrogen and oxygen atoms in total. The first kappa shape index (κ1) is 20.3. The summed E-state index contributed by atoms with van der Waals surface area (Å²) >= 11 is 6.02. The van der Waals surface area contributed by atoms with Crippen molar-refractivity contribution in [2.75, 3.05) is 7.05 Å². The predicted octanol–water partition coefficient (Wildman–Crippen LogP) is 4.61. The molecule has 1 N–H and O–H groups in total. The second-order valence-electron chi connectivity index (χ2n) is 6.35. The average Bonchev–Trinajstić information content (AvgIpc) is 3.05. The summed E-state index contributed by atoms with van der Waals surface area (Å²) in [7, 11) is -2.14. The van der Waals surface area contributed by atoms with E-state index in [-0.39, 0.29) is 10.7 Å². The van der Waals surface area contributed by atoms with Crippen LogP contribution < -0.4 is 4.72 Å². The van der Waals surface area contributed by atoms with Crippen molar-refractivity contribution in [1.29, 1.82) is 0 Å². The van der Waals surface area contributed by atoms with Gasteiger partial charge in [0.25, 0.3) is 0 Å². The van der Waals surface area contributed by atoms with Gasteiger partial charge in [0.1, 0.15) is 0 Å². The lowest BCUT2D eigenvalue weighted by atomic mass is 10.1. The lowest BCUT2D eigenvalue weighted by Crippen LogP contribution is -2.18. The van der Waals surface area contributed by atoms with E-state index in [2.05, 4.69) is 4.72 Å². The van der Waals surface area contributed by atoms with Crippen molar-refractivity contribution in [3.8, 4) is 16.9 Å². The van der Waals surface area contributed by atoms with Crippen LogP contribution in [-0.4, -0.2) is 25.8 Å². The molecule has 1 aromatic heterocycles. The third-order valence-corrected chi connectivity index (χ3v) is 6.36. The van der Waals surface area contributed by atoms with Gasteiger partial charge in [0.05, 0.1) is 10.6 Å². The van der Waals surface area contributed by atoms with E-state index in [1.54, 1.807) is 36.4 Å². The normalized spacial score (nSPS) is 11.6. The topological polar surface area (TPSA) is 68.2 Å². The third kappa shape index (κ3) is 3.76. The minimum absolute atomic E-state index is 0.0563. The van der Waals surface area contributed by atoms with Gasteiger partial charge in [-0.05, 0) is 62.0 Å². The minimum atomic E-state index is -3.51. The molecule has 0 saturated heterocycles. The lowest BCUT2D eigenvalue weighted by molar-refractivity contribution is 0.0987. The van der Waals surface area contributed by atoms with Gasteiger partial charge in [-0.1, -0.05) is 30.7 Å². The molecule has 0 bridgehead atoms. The summed E-state index contributed by atoms with van der Waals surface area (Å²) in [6.07, 6.45) is 0.407. The SMILES string of the molecule is CCC(=O)c1cc(-c2ccc(Cl)cc2)n(-c2ccc(S(=O)(=O)NC)cc2)c1C. The van der Waals surface area contributed by atoms with Crippen molar-refractivity contribution in [1.82, 2.24) is 9.29 Å². The molecule has 0 radical (unpaired) electrons. The van der Waals surface area contributed by atoms with Gasteiger partial charge in [-0.15, -0.1) is 0 Å². The number of Topliss-reactive ketones (excluding diaryl/α,β-unsaturated/α-hetero) is 1. The number of sulfonamides is 1. The van der Waals surface area contributed by atoms with Gasteiger partial charge in [-0.25, -0.2) is 13.1 Å². The van der Waals surface area contributed by atoms with Gasteiger partial charge in [0.2, 0.25) is 10.0 Å². The van der Waals surface area contributed by atoms with Crippen LogP contribution >= 0.6 is 11.6 Å². The maximum atomic E-state index is 12.4. The molecule has 0 saturated carbocycles. The minimum Gasteiger partial charge on any atom is -0.313 e. The molecule has 146 valence electrons. The molecule has 0 aliphatic carbocycles. The Hall–Kier alpha value is -2.41. The zero-order valence-electron chi connectivity index (χ0n) is 15.9. The first-order valence-corrected chi connectivity index (χ1v) is 10.7. The van der Waals surface area contributed by atoms with E-state index in [0.717, 1.165) is 22.6 Å². The zero-order valence-corrected chi connectivity index (χ0v) is 17.4. The van der Waals surface area contributed by atoms with E-state index < -0.39 is 10.0 Å². The number of rotatable bonds is 6. The fourth-order valence-corrected chi connectivity index (χ4v) is 3.99. The molecule has 1 heterocycles. The summed E-state index contributed by atoms with van der Waals surface area (Å²) in [6, 6.07) is 15.8. The molecule has 0 fully saturated rings. The standard InChI is InChI=1S/C21H21ClN2O3S/c1-4-21(25)19-13-20(15-5-7-16(22)8-6-15)24(14(19)2)17-9-11-18(12-10-17)28(26,27)23-3/h5-13,23H,4H2,1-3H3. The van der Waals surface area contributed by atoms with Crippen LogP contribution in [0.15, 0.2) is 59.5 Å². The van der Waals surface area contributed by atoms with Crippen LogP contribution in [0.25, 0.3) is 16.9 Å². The van der Waals surface area contributed by atoms with Gasteiger partial charge >= 0.3 is 0 Å². The van der Waals surface area contributed by atoms with Crippen LogP contribution in [0, 0.1) is 6.92 Å². The van der Waals surface area contributed by atoms with Crippen molar-refractivity contribution in [3.63, 3.8) is 0 Å². The van der Waals surface area contributed by atoms with Gasteiger partial charge in [-0.2, -0.15) is 0 Å². The number of benzene rings is 2. The molecule has 3 aromatic rings. The fourth-order valence-electron chi connectivity index (χ4n) is 3.14. The first-order valence-electron chi connectivity index (χ1n) is 8.84. The molecular formula is C21H21ClN2O3S. The highest BCUT2D eigenvalue weighted by Gasteiger charge is 2.19.